The van der Waals surface area contributed by atoms with Gasteiger partial charge in [0.05, 0.1) is 0 Å². The molecule has 0 aliphatic carbocycles. The van der Waals surface area contributed by atoms with Crippen molar-refractivity contribution in [3.05, 3.63) is 70.9 Å². The van der Waals surface area contributed by atoms with Crippen molar-refractivity contribution in [2.75, 3.05) is 5.32 Å². The number of aromatic nitrogens is 2. The molecule has 0 amide bonds. The van der Waals surface area contributed by atoms with Crippen molar-refractivity contribution in [2.45, 2.75) is 27.3 Å². The van der Waals surface area contributed by atoms with Crippen LogP contribution in [0.15, 0.2) is 41.4 Å². The Bertz CT molecular complexity index is 987. The van der Waals surface area contributed by atoms with E-state index in [1.165, 1.54) is 0 Å². The van der Waals surface area contributed by atoms with Crippen molar-refractivity contribution in [3.63, 3.8) is 0 Å². The molecule has 0 saturated carbocycles. The van der Waals surface area contributed by atoms with E-state index in [9.17, 15) is 0 Å². The number of aryl methyl sites for hydroxylation is 2. The number of aliphatic imine (C=N–C) groups is 1. The van der Waals surface area contributed by atoms with Gasteiger partial charge in [-0.25, -0.2) is 0 Å². The number of nitrogens with zero attached hydrogens (tertiary/aromatic N) is 3. The summed E-state index contributed by atoms with van der Waals surface area (Å²) in [6, 6.07) is 15.5. The molecular formula is C21H18BN4ReRh-2. The fourth-order valence-corrected chi connectivity index (χ4v) is 3.14. The smallest absolute Gasteiger partial charge is 0.109 e. The summed E-state index contributed by atoms with van der Waals surface area (Å²) >= 11 is 0. The minimum absolute atomic E-state index is 0. The van der Waals surface area contributed by atoms with Crippen LogP contribution in [0.5, 0.6) is 0 Å². The van der Waals surface area contributed by atoms with E-state index in [2.05, 4.69) is 39.7 Å². The number of benzene rings is 2. The van der Waals surface area contributed by atoms with E-state index >= 15 is 0 Å². The number of nitrogens with one attached hydrogen (secondary N) is 1. The molecule has 1 aliphatic heterocycles. The molecule has 28 heavy (non-hydrogen) atoms. The summed E-state index contributed by atoms with van der Waals surface area (Å²) in [5.74, 6) is 0.540. The summed E-state index contributed by atoms with van der Waals surface area (Å²) in [5.41, 5.74) is 8.13. The van der Waals surface area contributed by atoms with Gasteiger partial charge in [0, 0.05) is 60.6 Å². The first-order chi connectivity index (χ1) is 12.1. The molecule has 3 aromatic rings. The Morgan fingerprint density at radius 2 is 1.64 bits per heavy atom. The number of hydrogen-bond acceptors (Lipinski definition) is 4. The fraction of sp³-hybridized carbons (Fsp3) is 0.190. The largest absolute Gasteiger partial charge is 0.399 e. The zero-order valence-electron chi connectivity index (χ0n) is 15.8. The minimum Gasteiger partial charge on any atom is -0.399 e. The van der Waals surface area contributed by atoms with Crippen LogP contribution in [0, 0.1) is 26.1 Å². The Morgan fingerprint density at radius 3 is 2.32 bits per heavy atom. The molecule has 0 bridgehead atoms. The van der Waals surface area contributed by atoms with E-state index in [0.717, 1.165) is 44.9 Å². The van der Waals surface area contributed by atoms with Crippen LogP contribution < -0.4 is 5.32 Å². The second-order valence-corrected chi connectivity index (χ2v) is 6.29. The molecule has 2 heterocycles. The number of rotatable bonds is 2. The molecule has 1 aromatic heterocycles. The van der Waals surface area contributed by atoms with Crippen LogP contribution in [0.1, 0.15) is 29.2 Å². The van der Waals surface area contributed by atoms with E-state index in [1.807, 2.05) is 45.0 Å². The molecule has 0 spiro atoms. The van der Waals surface area contributed by atoms with Gasteiger partial charge >= 0.3 is 0 Å². The quantitative estimate of drug-likeness (QED) is 0.346. The number of fused-ring (bicyclic) bond motifs is 3. The predicted octanol–water partition coefficient (Wildman–Crippen LogP) is 4.04. The van der Waals surface area contributed by atoms with Crippen molar-refractivity contribution in [1.29, 1.82) is 0 Å². The standard InChI is InChI=1S/C21H18N4.B.Re.Rh/c1-13-8-14(2)10-17(9-13)24-21-23-12-16-11-22-15(3)18-6-4-5-7-19(18)20(16)25-21;;;/h4-7,9-10H,11H2,1-3H3,(H,23,24,25);;;/q-2;;;. The molecule has 0 saturated heterocycles. The summed E-state index contributed by atoms with van der Waals surface area (Å²) in [5, 5.41) is 3.29. The summed E-state index contributed by atoms with van der Waals surface area (Å²) in [6.07, 6.45) is 3.12. The number of hydrogen-bond donors (Lipinski definition) is 1. The normalized spacial score (nSPS) is 11.3. The molecular weight excluding hydrogens is 608 g/mol. The Labute approximate surface area is 194 Å². The Hall–Kier alpha value is -1.66. The molecule has 143 valence electrons. The Kier molecular flexibility index (Phi) is 8.89. The SMILES string of the molecule is CC1=NCc2[c-]nc(Nc3cc(C)[c-]c(C)c3)nc2-c2ccccc21.[B].[Re].[Rh]. The topological polar surface area (TPSA) is 50.2 Å². The van der Waals surface area contributed by atoms with Gasteiger partial charge in [0.1, 0.15) is 5.95 Å². The molecule has 0 fully saturated rings. The predicted molar refractivity (Wildman–Crippen MR) is 106 cm³/mol. The van der Waals surface area contributed by atoms with Gasteiger partial charge in [0.15, 0.2) is 0 Å². The van der Waals surface area contributed by atoms with Gasteiger partial charge < -0.3 is 15.3 Å². The minimum atomic E-state index is 0. The van der Waals surface area contributed by atoms with Gasteiger partial charge in [-0.1, -0.05) is 55.6 Å². The number of anilines is 2. The molecule has 1 aliphatic rings. The van der Waals surface area contributed by atoms with Crippen molar-refractivity contribution < 1.29 is 39.9 Å². The molecule has 4 nitrogen and oxygen atoms in total. The molecule has 1 N–H and O–H groups in total. The van der Waals surface area contributed by atoms with Crippen LogP contribution in [0.2, 0.25) is 0 Å². The zero-order valence-corrected chi connectivity index (χ0v) is 20.2. The Balaban J connectivity index is 0.00000131. The monoisotopic (exact) mass is 627 g/mol. The van der Waals surface area contributed by atoms with Gasteiger partial charge in [-0.15, -0.1) is 12.1 Å². The molecule has 4 rings (SSSR count). The van der Waals surface area contributed by atoms with E-state index in [1.54, 1.807) is 0 Å². The third-order valence-electron chi connectivity index (χ3n) is 4.24. The molecule has 0 unspecified atom stereocenters. The van der Waals surface area contributed by atoms with E-state index in [4.69, 9.17) is 4.98 Å². The average Bonchev–Trinajstić information content (AvgIpc) is 2.72. The van der Waals surface area contributed by atoms with Crippen molar-refractivity contribution in [1.82, 2.24) is 9.97 Å². The summed E-state index contributed by atoms with van der Waals surface area (Å²) < 4.78 is 0. The third kappa shape index (κ3) is 5.03. The van der Waals surface area contributed by atoms with Gasteiger partial charge in [-0.3, -0.25) is 4.99 Å². The van der Waals surface area contributed by atoms with Gasteiger partial charge in [0.2, 0.25) is 0 Å². The van der Waals surface area contributed by atoms with Crippen LogP contribution in [0.25, 0.3) is 11.3 Å². The molecule has 5 radical (unpaired) electrons. The molecule has 0 atom stereocenters. The maximum Gasteiger partial charge on any atom is 0.109 e. The summed E-state index contributed by atoms with van der Waals surface area (Å²) in [4.78, 5) is 13.8. The third-order valence-corrected chi connectivity index (χ3v) is 4.24. The first kappa shape index (κ1) is 24.4. The Morgan fingerprint density at radius 1 is 1.00 bits per heavy atom. The first-order valence-electron chi connectivity index (χ1n) is 8.27. The first-order valence-corrected chi connectivity index (χ1v) is 8.27. The van der Waals surface area contributed by atoms with Crippen LogP contribution in [0.3, 0.4) is 0 Å². The molecule has 7 heteroatoms. The summed E-state index contributed by atoms with van der Waals surface area (Å²) in [6.45, 7) is 6.63. The fourth-order valence-electron chi connectivity index (χ4n) is 3.14. The maximum absolute atomic E-state index is 4.77. The van der Waals surface area contributed by atoms with Gasteiger partial charge in [-0.05, 0) is 23.7 Å². The van der Waals surface area contributed by atoms with E-state index in [0.29, 0.717) is 12.5 Å². The van der Waals surface area contributed by atoms with Crippen molar-refractivity contribution >= 4 is 25.8 Å². The van der Waals surface area contributed by atoms with Gasteiger partial charge in [0.25, 0.3) is 0 Å². The van der Waals surface area contributed by atoms with Crippen LogP contribution in [-0.4, -0.2) is 24.1 Å². The van der Waals surface area contributed by atoms with Crippen LogP contribution >= 0.6 is 0 Å². The van der Waals surface area contributed by atoms with E-state index in [-0.39, 0.29) is 48.3 Å². The average molecular weight is 626 g/mol. The second-order valence-electron chi connectivity index (χ2n) is 6.29. The van der Waals surface area contributed by atoms with Crippen LogP contribution in [-0.2, 0) is 46.4 Å². The summed E-state index contributed by atoms with van der Waals surface area (Å²) in [7, 11) is 0. The van der Waals surface area contributed by atoms with Gasteiger partial charge in [-0.2, -0.15) is 17.2 Å². The maximum atomic E-state index is 4.77. The molecule has 2 aromatic carbocycles. The van der Waals surface area contributed by atoms with Crippen LogP contribution in [0.4, 0.5) is 11.6 Å². The second kappa shape index (κ2) is 10.2. The van der Waals surface area contributed by atoms with E-state index < -0.39 is 0 Å². The van der Waals surface area contributed by atoms with Crippen molar-refractivity contribution in [2.24, 2.45) is 4.99 Å². The zero-order chi connectivity index (χ0) is 17.4. The van der Waals surface area contributed by atoms with Crippen molar-refractivity contribution in [3.8, 4) is 11.3 Å².